The summed E-state index contributed by atoms with van der Waals surface area (Å²) in [4.78, 5) is 32.4. The number of rotatable bonds is 5. The molecule has 158 valence electrons. The minimum Gasteiger partial charge on any atom is -0.496 e. The normalized spacial score (nSPS) is 10.8. The van der Waals surface area contributed by atoms with Gasteiger partial charge in [0, 0.05) is 22.3 Å². The van der Waals surface area contributed by atoms with Crippen LogP contribution in [0.25, 0.3) is 17.4 Å². The Labute approximate surface area is 181 Å². The second-order valence-electron chi connectivity index (χ2n) is 6.70. The number of nitrogens with zero attached hydrogens (tertiary/aromatic N) is 3. The molecule has 2 N–H and O–H groups in total. The van der Waals surface area contributed by atoms with Gasteiger partial charge >= 0.3 is 0 Å². The zero-order chi connectivity index (χ0) is 22.1. The lowest BCUT2D eigenvalue weighted by molar-refractivity contribution is 0.102. The van der Waals surface area contributed by atoms with Crippen molar-refractivity contribution < 1.29 is 13.9 Å². The lowest BCUT2D eigenvalue weighted by Gasteiger charge is -2.11. The molecule has 3 heterocycles. The first kappa shape index (κ1) is 20.4. The number of methoxy groups -OCH3 is 1. The van der Waals surface area contributed by atoms with Gasteiger partial charge in [-0.15, -0.1) is 0 Å². The van der Waals surface area contributed by atoms with Gasteiger partial charge in [0.1, 0.15) is 17.3 Å². The Hall–Kier alpha value is -3.85. The van der Waals surface area contributed by atoms with Gasteiger partial charge in [-0.05, 0) is 44.2 Å². The number of anilines is 1. The lowest BCUT2D eigenvalue weighted by atomic mass is 10.2. The molecule has 0 unspecified atom stereocenters. The predicted octanol–water partition coefficient (Wildman–Crippen LogP) is 3.75. The van der Waals surface area contributed by atoms with Gasteiger partial charge in [-0.3, -0.25) is 14.6 Å². The first-order valence-corrected chi connectivity index (χ1v) is 9.62. The van der Waals surface area contributed by atoms with E-state index in [-0.39, 0.29) is 22.9 Å². The second kappa shape index (κ2) is 8.11. The Bertz CT molecular complexity index is 1320. The molecule has 1 amide bonds. The van der Waals surface area contributed by atoms with E-state index in [4.69, 9.17) is 20.8 Å². The number of carbonyl (C=O) groups is 1. The summed E-state index contributed by atoms with van der Waals surface area (Å²) in [5, 5.41) is 7.63. The summed E-state index contributed by atoms with van der Waals surface area (Å²) in [5.41, 5.74) is 1.42. The molecule has 1 aromatic carbocycles. The average molecular weight is 440 g/mol. The number of H-pyrrole nitrogens is 1. The topological polar surface area (TPSA) is 115 Å². The summed E-state index contributed by atoms with van der Waals surface area (Å²) < 4.78 is 12.0. The number of ether oxygens (including phenoxy) is 1. The monoisotopic (exact) mass is 439 g/mol. The summed E-state index contributed by atoms with van der Waals surface area (Å²) >= 11 is 6.05. The number of aromatic nitrogens is 4. The highest BCUT2D eigenvalue weighted by atomic mass is 35.5. The van der Waals surface area contributed by atoms with E-state index in [0.29, 0.717) is 33.5 Å². The van der Waals surface area contributed by atoms with Gasteiger partial charge in [-0.25, -0.2) is 4.98 Å². The van der Waals surface area contributed by atoms with Crippen LogP contribution in [0.5, 0.6) is 5.75 Å². The molecule has 0 aliphatic rings. The summed E-state index contributed by atoms with van der Waals surface area (Å²) in [5.74, 6) is 0.791. The third kappa shape index (κ3) is 3.95. The molecule has 10 heteroatoms. The Morgan fingerprint density at radius 3 is 2.74 bits per heavy atom. The third-order valence-corrected chi connectivity index (χ3v) is 4.95. The fourth-order valence-corrected chi connectivity index (χ4v) is 3.12. The van der Waals surface area contributed by atoms with E-state index in [9.17, 15) is 9.59 Å². The van der Waals surface area contributed by atoms with Crippen molar-refractivity contribution in [3.8, 4) is 23.2 Å². The van der Waals surface area contributed by atoms with Crippen molar-refractivity contribution in [1.82, 2.24) is 19.7 Å². The van der Waals surface area contributed by atoms with Crippen molar-refractivity contribution >= 4 is 23.3 Å². The van der Waals surface area contributed by atoms with Crippen LogP contribution in [0.3, 0.4) is 0 Å². The summed E-state index contributed by atoms with van der Waals surface area (Å²) in [6.07, 6.45) is 1.51. The molecule has 0 spiro atoms. The number of benzene rings is 1. The molecule has 3 aromatic heterocycles. The second-order valence-corrected chi connectivity index (χ2v) is 7.14. The van der Waals surface area contributed by atoms with Crippen LogP contribution >= 0.6 is 11.6 Å². The first-order chi connectivity index (χ1) is 14.9. The number of nitrogens with one attached hydrogen (secondary N) is 2. The molecule has 0 fully saturated rings. The van der Waals surface area contributed by atoms with E-state index in [1.165, 1.54) is 24.1 Å². The highest BCUT2D eigenvalue weighted by Gasteiger charge is 2.20. The molecule has 4 rings (SSSR count). The van der Waals surface area contributed by atoms with Gasteiger partial charge in [0.15, 0.2) is 5.76 Å². The predicted molar refractivity (Wildman–Crippen MR) is 115 cm³/mol. The fraction of sp³-hybridized carbons (Fsp3) is 0.143. The maximum Gasteiger partial charge on any atom is 0.260 e. The average Bonchev–Trinajstić information content (AvgIpc) is 3.41. The van der Waals surface area contributed by atoms with E-state index in [0.717, 1.165) is 0 Å². The molecule has 0 radical (unpaired) electrons. The Morgan fingerprint density at radius 1 is 1.26 bits per heavy atom. The van der Waals surface area contributed by atoms with Gasteiger partial charge in [-0.1, -0.05) is 11.6 Å². The number of furan rings is 1. The smallest absolute Gasteiger partial charge is 0.260 e. The van der Waals surface area contributed by atoms with E-state index < -0.39 is 5.91 Å². The van der Waals surface area contributed by atoms with Gasteiger partial charge in [0.25, 0.3) is 11.5 Å². The standard InChI is InChI=1S/C21H18ClN5O4/c1-11-12(2)23-21(25-19(11)28)27-18(10-15(26-27)17-5-4-8-31-17)24-20(29)14-9-13(22)6-7-16(14)30-3/h4-10H,1-3H3,(H,24,29)(H,23,25,28). The number of hydrogen-bond donors (Lipinski definition) is 2. The van der Waals surface area contributed by atoms with Crippen LogP contribution in [-0.2, 0) is 0 Å². The zero-order valence-electron chi connectivity index (χ0n) is 16.9. The van der Waals surface area contributed by atoms with Crippen LogP contribution in [0.2, 0.25) is 5.02 Å². The van der Waals surface area contributed by atoms with Crippen molar-refractivity contribution in [1.29, 1.82) is 0 Å². The third-order valence-electron chi connectivity index (χ3n) is 4.71. The van der Waals surface area contributed by atoms with Gasteiger partial charge < -0.3 is 14.5 Å². The highest BCUT2D eigenvalue weighted by Crippen LogP contribution is 2.27. The first-order valence-electron chi connectivity index (χ1n) is 9.24. The molecule has 0 aliphatic carbocycles. The van der Waals surface area contributed by atoms with Crippen molar-refractivity contribution in [2.24, 2.45) is 0 Å². The van der Waals surface area contributed by atoms with Crippen LogP contribution in [-0.4, -0.2) is 32.8 Å². The molecule has 0 aliphatic heterocycles. The number of aryl methyl sites for hydroxylation is 1. The van der Waals surface area contributed by atoms with Gasteiger partial charge in [-0.2, -0.15) is 9.78 Å². The lowest BCUT2D eigenvalue weighted by Crippen LogP contribution is -2.21. The number of halogens is 1. The largest absolute Gasteiger partial charge is 0.496 e. The van der Waals surface area contributed by atoms with E-state index >= 15 is 0 Å². The quantitative estimate of drug-likeness (QED) is 0.489. The number of aromatic amines is 1. The molecular formula is C21H18ClN5O4. The molecule has 31 heavy (non-hydrogen) atoms. The Balaban J connectivity index is 1.81. The molecule has 0 saturated carbocycles. The Morgan fingerprint density at radius 2 is 2.06 bits per heavy atom. The summed E-state index contributed by atoms with van der Waals surface area (Å²) in [7, 11) is 1.46. The fourth-order valence-electron chi connectivity index (χ4n) is 2.95. The van der Waals surface area contributed by atoms with Gasteiger partial charge in [0.2, 0.25) is 5.95 Å². The zero-order valence-corrected chi connectivity index (χ0v) is 17.6. The molecular weight excluding hydrogens is 422 g/mol. The van der Waals surface area contributed by atoms with Crippen LogP contribution in [0.1, 0.15) is 21.6 Å². The van der Waals surface area contributed by atoms with Gasteiger partial charge in [0.05, 0.1) is 18.9 Å². The number of amides is 1. The maximum atomic E-state index is 13.0. The minimum atomic E-state index is -0.474. The minimum absolute atomic E-state index is 0.152. The van der Waals surface area contributed by atoms with Crippen molar-refractivity contribution in [3.05, 3.63) is 74.9 Å². The van der Waals surface area contributed by atoms with Crippen molar-refractivity contribution in [3.63, 3.8) is 0 Å². The molecule has 0 saturated heterocycles. The number of hydrogen-bond acceptors (Lipinski definition) is 6. The summed E-state index contributed by atoms with van der Waals surface area (Å²) in [6, 6.07) is 9.79. The van der Waals surface area contributed by atoms with Crippen LogP contribution in [0.4, 0.5) is 5.82 Å². The van der Waals surface area contributed by atoms with E-state index in [1.807, 2.05) is 0 Å². The molecule has 9 nitrogen and oxygen atoms in total. The number of carbonyl (C=O) groups excluding carboxylic acids is 1. The molecule has 0 bridgehead atoms. The highest BCUT2D eigenvalue weighted by molar-refractivity contribution is 6.31. The Kier molecular flexibility index (Phi) is 5.35. The van der Waals surface area contributed by atoms with Crippen molar-refractivity contribution in [2.45, 2.75) is 13.8 Å². The molecule has 0 atom stereocenters. The van der Waals surface area contributed by atoms with Crippen molar-refractivity contribution in [2.75, 3.05) is 12.4 Å². The van der Waals surface area contributed by atoms with E-state index in [1.54, 1.807) is 44.2 Å². The van der Waals surface area contributed by atoms with Crippen LogP contribution in [0, 0.1) is 13.8 Å². The SMILES string of the molecule is COc1ccc(Cl)cc1C(=O)Nc1cc(-c2ccco2)nn1-c1nc(C)c(C)c(=O)[nH]1. The molecule has 4 aromatic rings. The summed E-state index contributed by atoms with van der Waals surface area (Å²) in [6.45, 7) is 3.40. The van der Waals surface area contributed by atoms with Crippen LogP contribution < -0.4 is 15.6 Å². The van der Waals surface area contributed by atoms with E-state index in [2.05, 4.69) is 20.4 Å². The maximum absolute atomic E-state index is 13.0. The van der Waals surface area contributed by atoms with Crippen LogP contribution in [0.15, 0.2) is 51.9 Å².